The molecule has 0 spiro atoms. The van der Waals surface area contributed by atoms with Crippen LogP contribution in [0.2, 0.25) is 0 Å². The number of rotatable bonds is 4. The number of nitrogens with zero attached hydrogens (tertiary/aromatic N) is 3. The third-order valence-corrected chi connectivity index (χ3v) is 13.1. The Morgan fingerprint density at radius 2 is 1.31 bits per heavy atom. The third-order valence-electron chi connectivity index (χ3n) is 11.9. The highest BCUT2D eigenvalue weighted by Crippen LogP contribution is 2.43. The molecule has 12 rings (SSSR count). The highest BCUT2D eigenvalue weighted by molar-refractivity contribution is 7.26. The van der Waals surface area contributed by atoms with Gasteiger partial charge in [-0.2, -0.15) is 0 Å². The second-order valence-electron chi connectivity index (χ2n) is 15.3. The minimum Gasteiger partial charge on any atom is -0.454 e. The average Bonchev–Trinajstić information content (AvgIpc) is 3.95. The SMILES string of the molecule is CC1C/C=C(c2cccc3c2sc2ccccc23)/N=C(c2ccc(-n3c4ccccc4c4cc5ccccc5cc43)c3oc4ccccc4c23)\N=C/1c1ccccc1. The molecular formula is C53H35N3OS. The molecule has 5 heteroatoms. The van der Waals surface area contributed by atoms with E-state index in [0.717, 1.165) is 73.2 Å². The van der Waals surface area contributed by atoms with Crippen molar-refractivity contribution in [2.45, 2.75) is 13.3 Å². The lowest BCUT2D eigenvalue weighted by Gasteiger charge is -2.19. The number of furan rings is 1. The second-order valence-corrected chi connectivity index (χ2v) is 16.4. The van der Waals surface area contributed by atoms with E-state index in [1.54, 1.807) is 0 Å². The summed E-state index contributed by atoms with van der Waals surface area (Å²) in [6.45, 7) is 2.28. The Morgan fingerprint density at radius 1 is 0.586 bits per heavy atom. The molecule has 58 heavy (non-hydrogen) atoms. The van der Waals surface area contributed by atoms with Gasteiger partial charge in [-0.1, -0.05) is 140 Å². The maximum absolute atomic E-state index is 6.98. The van der Waals surface area contributed by atoms with E-state index in [-0.39, 0.29) is 5.92 Å². The van der Waals surface area contributed by atoms with Crippen molar-refractivity contribution in [1.29, 1.82) is 0 Å². The molecule has 0 aliphatic carbocycles. The average molecular weight is 762 g/mol. The van der Waals surface area contributed by atoms with Crippen molar-refractivity contribution in [3.05, 3.63) is 193 Å². The number of amidine groups is 1. The van der Waals surface area contributed by atoms with Crippen LogP contribution >= 0.6 is 11.3 Å². The first-order valence-corrected chi connectivity index (χ1v) is 20.7. The summed E-state index contributed by atoms with van der Waals surface area (Å²) in [5.74, 6) is 0.818. The molecule has 8 aromatic carbocycles. The first-order chi connectivity index (χ1) is 28.7. The number of benzene rings is 8. The molecule has 3 aromatic heterocycles. The first-order valence-electron chi connectivity index (χ1n) is 19.9. The number of aliphatic imine (C=N–C) groups is 2. The smallest absolute Gasteiger partial charge is 0.160 e. The second kappa shape index (κ2) is 13.0. The van der Waals surface area contributed by atoms with Crippen LogP contribution in [0.25, 0.3) is 86.1 Å². The predicted octanol–water partition coefficient (Wildman–Crippen LogP) is 14.5. The van der Waals surface area contributed by atoms with Gasteiger partial charge in [0.1, 0.15) is 5.58 Å². The molecule has 0 radical (unpaired) electrons. The minimum atomic E-state index is 0.146. The van der Waals surface area contributed by atoms with Crippen molar-refractivity contribution < 1.29 is 4.42 Å². The Bertz CT molecular complexity index is 3560. The van der Waals surface area contributed by atoms with Crippen LogP contribution in [0.5, 0.6) is 0 Å². The van der Waals surface area contributed by atoms with Gasteiger partial charge in [0.15, 0.2) is 11.4 Å². The largest absolute Gasteiger partial charge is 0.454 e. The molecule has 0 fully saturated rings. The van der Waals surface area contributed by atoms with Crippen LogP contribution in [-0.2, 0) is 0 Å². The van der Waals surface area contributed by atoms with Crippen molar-refractivity contribution >= 4 is 103 Å². The van der Waals surface area contributed by atoms with E-state index >= 15 is 0 Å². The quantitative estimate of drug-likeness (QED) is 0.176. The Morgan fingerprint density at radius 3 is 2.19 bits per heavy atom. The number of allylic oxidation sites excluding steroid dienone is 1. The zero-order valence-electron chi connectivity index (χ0n) is 31.7. The summed E-state index contributed by atoms with van der Waals surface area (Å²) in [5.41, 5.74) is 10.0. The topological polar surface area (TPSA) is 42.8 Å². The fraction of sp³-hybridized carbons (Fsp3) is 0.0566. The standard InChI is InChI=1S/C53H35N3OS/c1-32-26-28-43(39-22-13-21-38-37-19-9-12-25-48(37)58-52(38)39)54-53(55-50(32)33-14-3-2-4-15-33)41-27-29-45(51-49(41)40-20-8-11-24-47(40)57-51)56-44-23-10-7-18-36(44)42-30-34-16-5-6-17-35(34)31-46(42)56/h2-25,27-32H,26H2,1H3/b43-28+,54-53-,55-50+. The van der Waals surface area contributed by atoms with Crippen LogP contribution in [0.15, 0.2) is 190 Å². The van der Waals surface area contributed by atoms with Crippen LogP contribution < -0.4 is 0 Å². The zero-order chi connectivity index (χ0) is 38.3. The summed E-state index contributed by atoms with van der Waals surface area (Å²) in [7, 11) is 0. The molecule has 1 unspecified atom stereocenters. The monoisotopic (exact) mass is 761 g/mol. The molecule has 1 atom stereocenters. The molecule has 4 heterocycles. The summed E-state index contributed by atoms with van der Waals surface area (Å²) >= 11 is 1.83. The Hall–Kier alpha value is -7.08. The molecule has 0 amide bonds. The first kappa shape index (κ1) is 33.1. The van der Waals surface area contributed by atoms with Gasteiger partial charge in [0.05, 0.1) is 28.1 Å². The van der Waals surface area contributed by atoms with Gasteiger partial charge in [-0.3, -0.25) is 0 Å². The van der Waals surface area contributed by atoms with Gasteiger partial charge in [-0.25, -0.2) is 9.98 Å². The van der Waals surface area contributed by atoms with E-state index in [0.29, 0.717) is 5.84 Å². The van der Waals surface area contributed by atoms with Crippen molar-refractivity contribution in [2.75, 3.05) is 0 Å². The van der Waals surface area contributed by atoms with Crippen molar-refractivity contribution in [3.63, 3.8) is 0 Å². The lowest BCUT2D eigenvalue weighted by atomic mass is 9.93. The summed E-state index contributed by atoms with van der Waals surface area (Å²) in [5, 5.41) is 9.41. The number of aromatic nitrogens is 1. The number of hydrogen-bond acceptors (Lipinski definition) is 4. The Labute approximate surface area is 338 Å². The fourth-order valence-electron chi connectivity index (χ4n) is 9.10. The van der Waals surface area contributed by atoms with Crippen LogP contribution in [0.1, 0.15) is 30.0 Å². The highest BCUT2D eigenvalue weighted by atomic mass is 32.1. The molecule has 0 bridgehead atoms. The number of para-hydroxylation sites is 2. The lowest BCUT2D eigenvalue weighted by Crippen LogP contribution is -2.17. The lowest BCUT2D eigenvalue weighted by molar-refractivity contribution is 0.666. The number of fused-ring (bicyclic) bond motifs is 10. The Balaban J connectivity index is 1.16. The van der Waals surface area contributed by atoms with Crippen LogP contribution in [0.3, 0.4) is 0 Å². The molecule has 0 saturated carbocycles. The van der Waals surface area contributed by atoms with E-state index in [4.69, 9.17) is 14.4 Å². The summed E-state index contributed by atoms with van der Waals surface area (Å²) in [6.07, 6.45) is 3.13. The van der Waals surface area contributed by atoms with Gasteiger partial charge >= 0.3 is 0 Å². The number of thiophene rings is 1. The molecule has 4 nitrogen and oxygen atoms in total. The number of hydrogen-bond donors (Lipinski definition) is 0. The molecule has 1 aliphatic heterocycles. The predicted molar refractivity (Wildman–Crippen MR) is 246 cm³/mol. The van der Waals surface area contributed by atoms with Gasteiger partial charge < -0.3 is 8.98 Å². The van der Waals surface area contributed by atoms with Crippen LogP contribution in [0, 0.1) is 5.92 Å². The van der Waals surface area contributed by atoms with E-state index in [2.05, 4.69) is 181 Å². The van der Waals surface area contributed by atoms with E-state index in [9.17, 15) is 0 Å². The summed E-state index contributed by atoms with van der Waals surface area (Å²) < 4.78 is 11.9. The van der Waals surface area contributed by atoms with Gasteiger partial charge in [0.25, 0.3) is 0 Å². The van der Waals surface area contributed by atoms with E-state index in [1.807, 2.05) is 17.4 Å². The van der Waals surface area contributed by atoms with Gasteiger partial charge in [-0.05, 0) is 65.2 Å². The van der Waals surface area contributed by atoms with E-state index < -0.39 is 0 Å². The third kappa shape index (κ3) is 5.07. The molecule has 1 aliphatic rings. The van der Waals surface area contributed by atoms with Crippen molar-refractivity contribution in [3.8, 4) is 5.69 Å². The van der Waals surface area contributed by atoms with Crippen LogP contribution in [0.4, 0.5) is 0 Å². The molecule has 274 valence electrons. The molecular weight excluding hydrogens is 727 g/mol. The molecule has 11 aromatic rings. The van der Waals surface area contributed by atoms with Crippen molar-refractivity contribution in [2.24, 2.45) is 15.9 Å². The maximum atomic E-state index is 6.98. The highest BCUT2D eigenvalue weighted by Gasteiger charge is 2.25. The maximum Gasteiger partial charge on any atom is 0.160 e. The fourth-order valence-corrected chi connectivity index (χ4v) is 10.3. The van der Waals surface area contributed by atoms with Crippen molar-refractivity contribution in [1.82, 2.24) is 4.57 Å². The normalized spacial score (nSPS) is 17.7. The summed E-state index contributed by atoms with van der Waals surface area (Å²) in [4.78, 5) is 11.2. The van der Waals surface area contributed by atoms with Gasteiger partial charge in [0, 0.05) is 58.8 Å². The van der Waals surface area contributed by atoms with Gasteiger partial charge in [-0.15, -0.1) is 11.3 Å². The zero-order valence-corrected chi connectivity index (χ0v) is 32.5. The van der Waals surface area contributed by atoms with Crippen LogP contribution in [-0.4, -0.2) is 16.1 Å². The Kier molecular flexibility index (Phi) is 7.41. The molecule has 0 N–H and O–H groups in total. The van der Waals surface area contributed by atoms with E-state index in [1.165, 1.54) is 41.7 Å². The van der Waals surface area contributed by atoms with Gasteiger partial charge in [0.2, 0.25) is 0 Å². The minimum absolute atomic E-state index is 0.146. The summed E-state index contributed by atoms with van der Waals surface area (Å²) in [6, 6.07) is 60.6. The molecule has 0 saturated heterocycles.